The van der Waals surface area contributed by atoms with Gasteiger partial charge >= 0.3 is 5.69 Å². The Kier molecular flexibility index (Phi) is 4.71. The van der Waals surface area contributed by atoms with Crippen LogP contribution in [0, 0.1) is 0 Å². The fraction of sp³-hybridized carbons (Fsp3) is 0.167. The monoisotopic (exact) mass is 387 g/mol. The fourth-order valence-corrected chi connectivity index (χ4v) is 3.30. The number of rotatable bonds is 4. The Labute approximate surface area is 154 Å². The number of hydrogen-bond acceptors (Lipinski definition) is 5. The molecule has 0 radical (unpaired) electrons. The fourth-order valence-electron chi connectivity index (χ4n) is 2.67. The predicted octanol–water partition coefficient (Wildman–Crippen LogP) is 1.37. The zero-order valence-corrected chi connectivity index (χ0v) is 15.5. The summed E-state index contributed by atoms with van der Waals surface area (Å²) in [7, 11) is -3.32. The summed E-state index contributed by atoms with van der Waals surface area (Å²) in [4.78, 5) is 39.4. The molecule has 0 aliphatic carbocycles. The Balaban J connectivity index is 1.92. The van der Waals surface area contributed by atoms with Crippen molar-refractivity contribution in [2.45, 2.75) is 18.4 Å². The highest BCUT2D eigenvalue weighted by Gasteiger charge is 2.12. The van der Waals surface area contributed by atoms with Crippen LogP contribution in [0.15, 0.2) is 56.9 Å². The summed E-state index contributed by atoms with van der Waals surface area (Å²) in [6, 6.07) is 10.2. The molecular weight excluding hydrogens is 370 g/mol. The SMILES string of the molecule is CCn1c(=O)[nH]c2cc(C(=O)Nc3ccc(S(C)(=O)=O)cc3)ccc2c1=O. The van der Waals surface area contributed by atoms with Crippen LogP contribution < -0.4 is 16.6 Å². The number of carbonyl (C=O) groups excluding carboxylic acids is 1. The molecule has 1 aromatic heterocycles. The maximum atomic E-state index is 12.4. The lowest BCUT2D eigenvalue weighted by molar-refractivity contribution is 0.102. The van der Waals surface area contributed by atoms with Crippen molar-refractivity contribution in [3.05, 3.63) is 68.9 Å². The number of hydrogen-bond donors (Lipinski definition) is 2. The third kappa shape index (κ3) is 3.68. The molecule has 1 heterocycles. The Morgan fingerprint density at radius 1 is 1.11 bits per heavy atom. The first-order chi connectivity index (χ1) is 12.7. The minimum atomic E-state index is -3.32. The molecule has 0 bridgehead atoms. The van der Waals surface area contributed by atoms with Gasteiger partial charge in [0.25, 0.3) is 11.5 Å². The molecule has 0 saturated heterocycles. The van der Waals surface area contributed by atoms with Crippen LogP contribution in [-0.2, 0) is 16.4 Å². The van der Waals surface area contributed by atoms with Crippen molar-refractivity contribution >= 4 is 32.3 Å². The lowest BCUT2D eigenvalue weighted by Crippen LogP contribution is -2.34. The van der Waals surface area contributed by atoms with Crippen LogP contribution >= 0.6 is 0 Å². The number of H-pyrrole nitrogens is 1. The topological polar surface area (TPSA) is 118 Å². The molecule has 9 heteroatoms. The van der Waals surface area contributed by atoms with E-state index in [1.165, 1.54) is 42.5 Å². The third-order valence-corrected chi connectivity index (χ3v) is 5.23. The van der Waals surface area contributed by atoms with Crippen LogP contribution in [0.5, 0.6) is 0 Å². The summed E-state index contributed by atoms with van der Waals surface area (Å²) >= 11 is 0. The molecule has 3 rings (SSSR count). The lowest BCUT2D eigenvalue weighted by atomic mass is 10.1. The van der Waals surface area contributed by atoms with Gasteiger partial charge in [0.2, 0.25) is 0 Å². The quantitative estimate of drug-likeness (QED) is 0.701. The Bertz CT molecular complexity index is 1250. The summed E-state index contributed by atoms with van der Waals surface area (Å²) in [5.41, 5.74) is -0.0142. The van der Waals surface area contributed by atoms with E-state index < -0.39 is 27.0 Å². The van der Waals surface area contributed by atoms with Gasteiger partial charge < -0.3 is 10.3 Å². The number of sulfone groups is 1. The van der Waals surface area contributed by atoms with Gasteiger partial charge in [0.15, 0.2) is 9.84 Å². The van der Waals surface area contributed by atoms with E-state index in [2.05, 4.69) is 10.3 Å². The first-order valence-electron chi connectivity index (χ1n) is 8.09. The van der Waals surface area contributed by atoms with E-state index in [-0.39, 0.29) is 22.5 Å². The van der Waals surface area contributed by atoms with Crippen LogP contribution in [0.4, 0.5) is 5.69 Å². The highest BCUT2D eigenvalue weighted by molar-refractivity contribution is 7.90. The Morgan fingerprint density at radius 2 is 1.78 bits per heavy atom. The van der Waals surface area contributed by atoms with Gasteiger partial charge in [-0.2, -0.15) is 0 Å². The zero-order valence-electron chi connectivity index (χ0n) is 14.6. The number of amides is 1. The molecule has 0 fully saturated rings. The summed E-state index contributed by atoms with van der Waals surface area (Å²) < 4.78 is 24.0. The van der Waals surface area contributed by atoms with Crippen LogP contribution in [0.25, 0.3) is 10.9 Å². The number of carbonyl (C=O) groups is 1. The van der Waals surface area contributed by atoms with Crippen molar-refractivity contribution in [3.8, 4) is 0 Å². The molecule has 2 N–H and O–H groups in total. The molecule has 3 aromatic rings. The molecule has 140 valence electrons. The van der Waals surface area contributed by atoms with Gasteiger partial charge in [-0.25, -0.2) is 13.2 Å². The average Bonchev–Trinajstić information content (AvgIpc) is 2.61. The van der Waals surface area contributed by atoms with Crippen molar-refractivity contribution in [2.24, 2.45) is 0 Å². The minimum Gasteiger partial charge on any atom is -0.322 e. The first-order valence-corrected chi connectivity index (χ1v) is 9.98. The van der Waals surface area contributed by atoms with E-state index in [0.29, 0.717) is 11.1 Å². The van der Waals surface area contributed by atoms with Gasteiger partial charge in [-0.1, -0.05) is 0 Å². The second kappa shape index (κ2) is 6.84. The maximum absolute atomic E-state index is 12.4. The number of benzene rings is 2. The first kappa shape index (κ1) is 18.6. The van der Waals surface area contributed by atoms with Gasteiger partial charge in [-0.15, -0.1) is 0 Å². The second-order valence-electron chi connectivity index (χ2n) is 5.99. The summed E-state index contributed by atoms with van der Waals surface area (Å²) in [6.45, 7) is 1.94. The normalized spacial score (nSPS) is 11.5. The molecule has 27 heavy (non-hydrogen) atoms. The van der Waals surface area contributed by atoms with E-state index in [9.17, 15) is 22.8 Å². The standard InChI is InChI=1S/C18H17N3O5S/c1-3-21-17(23)14-9-4-11(10-15(14)20-18(21)24)16(22)19-12-5-7-13(8-6-12)27(2,25)26/h4-10H,3H2,1-2H3,(H,19,22)(H,20,24). The summed E-state index contributed by atoms with van der Waals surface area (Å²) in [6.07, 6.45) is 1.10. The number of nitrogens with zero attached hydrogens (tertiary/aromatic N) is 1. The van der Waals surface area contributed by atoms with Gasteiger partial charge in [-0.05, 0) is 49.4 Å². The molecule has 0 saturated carbocycles. The van der Waals surface area contributed by atoms with E-state index in [1.54, 1.807) is 6.92 Å². The number of nitrogens with one attached hydrogen (secondary N) is 2. The molecule has 0 atom stereocenters. The second-order valence-corrected chi connectivity index (χ2v) is 8.01. The van der Waals surface area contributed by atoms with Gasteiger partial charge in [-0.3, -0.25) is 14.2 Å². The number of anilines is 1. The van der Waals surface area contributed by atoms with Crippen molar-refractivity contribution in [1.82, 2.24) is 9.55 Å². The number of fused-ring (bicyclic) bond motifs is 1. The van der Waals surface area contributed by atoms with Gasteiger partial charge in [0.1, 0.15) is 0 Å². The molecule has 1 amide bonds. The predicted molar refractivity (Wildman–Crippen MR) is 102 cm³/mol. The largest absolute Gasteiger partial charge is 0.328 e. The molecule has 0 unspecified atom stereocenters. The molecule has 8 nitrogen and oxygen atoms in total. The highest BCUT2D eigenvalue weighted by atomic mass is 32.2. The lowest BCUT2D eigenvalue weighted by Gasteiger charge is -2.08. The Hall–Kier alpha value is -3.20. The van der Waals surface area contributed by atoms with Crippen molar-refractivity contribution < 1.29 is 13.2 Å². The van der Waals surface area contributed by atoms with Gasteiger partial charge in [0.05, 0.1) is 15.8 Å². The molecule has 0 aliphatic rings. The summed E-state index contributed by atoms with van der Waals surface area (Å²) in [5.74, 6) is -0.454. The van der Waals surface area contributed by atoms with Gasteiger partial charge in [0, 0.05) is 24.1 Å². The van der Waals surface area contributed by atoms with E-state index in [4.69, 9.17) is 0 Å². The van der Waals surface area contributed by atoms with Crippen molar-refractivity contribution in [3.63, 3.8) is 0 Å². The number of aromatic nitrogens is 2. The number of aromatic amines is 1. The molecular formula is C18H17N3O5S. The van der Waals surface area contributed by atoms with Crippen LogP contribution in [-0.4, -0.2) is 30.1 Å². The van der Waals surface area contributed by atoms with Crippen LogP contribution in [0.2, 0.25) is 0 Å². The Morgan fingerprint density at radius 3 is 2.37 bits per heavy atom. The van der Waals surface area contributed by atoms with Crippen molar-refractivity contribution in [1.29, 1.82) is 0 Å². The highest BCUT2D eigenvalue weighted by Crippen LogP contribution is 2.16. The third-order valence-electron chi connectivity index (χ3n) is 4.10. The summed E-state index contributed by atoms with van der Waals surface area (Å²) in [5, 5.41) is 2.95. The molecule has 2 aromatic carbocycles. The molecule has 0 spiro atoms. The van der Waals surface area contributed by atoms with Crippen molar-refractivity contribution in [2.75, 3.05) is 11.6 Å². The zero-order chi connectivity index (χ0) is 19.8. The van der Waals surface area contributed by atoms with E-state index in [1.807, 2.05) is 0 Å². The van der Waals surface area contributed by atoms with Crippen LogP contribution in [0.1, 0.15) is 17.3 Å². The smallest absolute Gasteiger partial charge is 0.322 e. The maximum Gasteiger partial charge on any atom is 0.328 e. The minimum absolute atomic E-state index is 0.149. The van der Waals surface area contributed by atoms with E-state index >= 15 is 0 Å². The average molecular weight is 387 g/mol. The van der Waals surface area contributed by atoms with Crippen LogP contribution in [0.3, 0.4) is 0 Å². The molecule has 0 aliphatic heterocycles. The van der Waals surface area contributed by atoms with E-state index in [0.717, 1.165) is 10.8 Å².